The highest BCUT2D eigenvalue weighted by Crippen LogP contribution is 2.15. The van der Waals surface area contributed by atoms with E-state index in [-0.39, 0.29) is 5.56 Å². The van der Waals surface area contributed by atoms with Gasteiger partial charge in [0.2, 0.25) is 0 Å². The van der Waals surface area contributed by atoms with Crippen molar-refractivity contribution in [1.29, 1.82) is 0 Å². The maximum absolute atomic E-state index is 12.4. The number of aryl methyl sites for hydroxylation is 2. The van der Waals surface area contributed by atoms with E-state index in [1.54, 1.807) is 4.68 Å². The van der Waals surface area contributed by atoms with Crippen molar-refractivity contribution in [3.05, 3.63) is 57.8 Å². The van der Waals surface area contributed by atoms with E-state index in [0.29, 0.717) is 24.3 Å². The van der Waals surface area contributed by atoms with Crippen molar-refractivity contribution < 1.29 is 0 Å². The molecule has 114 valence electrons. The Morgan fingerprint density at radius 1 is 1.18 bits per heavy atom. The highest BCUT2D eigenvalue weighted by molar-refractivity contribution is 5.76. The number of hydrogen-bond acceptors (Lipinski definition) is 3. The molecule has 0 aliphatic carbocycles. The third-order valence-corrected chi connectivity index (χ3v) is 3.72. The van der Waals surface area contributed by atoms with Crippen LogP contribution < -0.4 is 5.56 Å². The molecule has 5 nitrogen and oxygen atoms in total. The summed E-state index contributed by atoms with van der Waals surface area (Å²) in [5, 5.41) is 4.54. The molecule has 22 heavy (non-hydrogen) atoms. The molecule has 0 atom stereocenters. The molecule has 0 aliphatic heterocycles. The van der Waals surface area contributed by atoms with E-state index in [0.717, 1.165) is 29.6 Å². The van der Waals surface area contributed by atoms with Crippen LogP contribution in [0.25, 0.3) is 11.0 Å². The molecule has 0 radical (unpaired) electrons. The van der Waals surface area contributed by atoms with Crippen molar-refractivity contribution in [1.82, 2.24) is 19.7 Å². The second kappa shape index (κ2) is 6.13. The molecule has 0 aliphatic rings. The van der Waals surface area contributed by atoms with Crippen LogP contribution in [-0.4, -0.2) is 19.7 Å². The smallest absolute Gasteiger partial charge is 0.277 e. The highest BCUT2D eigenvalue weighted by Gasteiger charge is 2.15. The lowest BCUT2D eigenvalue weighted by atomic mass is 10.1. The number of rotatable bonds is 5. The summed E-state index contributed by atoms with van der Waals surface area (Å²) in [7, 11) is 0. The second-order valence-electron chi connectivity index (χ2n) is 5.38. The fourth-order valence-electron chi connectivity index (χ4n) is 2.70. The van der Waals surface area contributed by atoms with Gasteiger partial charge < -0.3 is 4.98 Å². The van der Waals surface area contributed by atoms with Gasteiger partial charge in [0.25, 0.3) is 5.56 Å². The SMILES string of the molecule is CCCc1nn(CC)c2c(=O)[nH]c(Cc3ccccc3)nc12. The molecule has 0 unspecified atom stereocenters. The fraction of sp³-hybridized carbons (Fsp3) is 0.353. The first-order valence-corrected chi connectivity index (χ1v) is 7.75. The van der Waals surface area contributed by atoms with Crippen LogP contribution in [0.4, 0.5) is 0 Å². The van der Waals surface area contributed by atoms with Gasteiger partial charge in [0.15, 0.2) is 5.52 Å². The van der Waals surface area contributed by atoms with Crippen molar-refractivity contribution in [2.45, 2.75) is 39.7 Å². The van der Waals surface area contributed by atoms with Gasteiger partial charge in [-0.15, -0.1) is 0 Å². The molecule has 1 N–H and O–H groups in total. The molecule has 2 aromatic heterocycles. The minimum absolute atomic E-state index is 0.104. The predicted octanol–water partition coefficient (Wildman–Crippen LogP) is 2.68. The van der Waals surface area contributed by atoms with E-state index in [4.69, 9.17) is 0 Å². The van der Waals surface area contributed by atoms with Crippen molar-refractivity contribution in [2.75, 3.05) is 0 Å². The van der Waals surface area contributed by atoms with E-state index < -0.39 is 0 Å². The minimum atomic E-state index is -0.104. The third kappa shape index (κ3) is 2.66. The summed E-state index contributed by atoms with van der Waals surface area (Å²) >= 11 is 0. The van der Waals surface area contributed by atoms with Gasteiger partial charge in [-0.2, -0.15) is 5.10 Å². The highest BCUT2D eigenvalue weighted by atomic mass is 16.1. The quantitative estimate of drug-likeness (QED) is 0.787. The van der Waals surface area contributed by atoms with Crippen LogP contribution in [0.5, 0.6) is 0 Å². The van der Waals surface area contributed by atoms with Gasteiger partial charge in [-0.05, 0) is 18.9 Å². The predicted molar refractivity (Wildman–Crippen MR) is 87.1 cm³/mol. The summed E-state index contributed by atoms with van der Waals surface area (Å²) in [5.41, 5.74) is 3.28. The molecule has 2 heterocycles. The Morgan fingerprint density at radius 3 is 2.64 bits per heavy atom. The van der Waals surface area contributed by atoms with Gasteiger partial charge >= 0.3 is 0 Å². The summed E-state index contributed by atoms with van der Waals surface area (Å²) in [6.45, 7) is 4.76. The molecule has 0 bridgehead atoms. The lowest BCUT2D eigenvalue weighted by Gasteiger charge is -2.02. The van der Waals surface area contributed by atoms with Crippen molar-refractivity contribution >= 4 is 11.0 Å². The van der Waals surface area contributed by atoms with Gasteiger partial charge in [-0.25, -0.2) is 4.98 Å². The molecule has 0 fully saturated rings. The van der Waals surface area contributed by atoms with Gasteiger partial charge in [0.1, 0.15) is 11.3 Å². The van der Waals surface area contributed by atoms with Gasteiger partial charge in [-0.1, -0.05) is 43.7 Å². The van der Waals surface area contributed by atoms with Gasteiger partial charge in [-0.3, -0.25) is 9.48 Å². The first-order chi connectivity index (χ1) is 10.7. The van der Waals surface area contributed by atoms with Gasteiger partial charge in [0.05, 0.1) is 5.69 Å². The van der Waals surface area contributed by atoms with E-state index in [2.05, 4.69) is 22.0 Å². The monoisotopic (exact) mass is 296 g/mol. The molecule has 0 amide bonds. The standard InChI is InChI=1S/C17H20N4O/c1-3-8-13-15-16(21(4-2)20-13)17(22)19-14(18-15)11-12-9-6-5-7-10-12/h5-7,9-10H,3-4,8,11H2,1-2H3,(H,18,19,22). The van der Waals surface area contributed by atoms with E-state index in [1.165, 1.54) is 0 Å². The largest absolute Gasteiger partial charge is 0.308 e. The number of fused-ring (bicyclic) bond motifs is 1. The van der Waals surface area contributed by atoms with Crippen molar-refractivity contribution in [3.8, 4) is 0 Å². The summed E-state index contributed by atoms with van der Waals surface area (Å²) in [6.07, 6.45) is 2.44. The Morgan fingerprint density at radius 2 is 1.95 bits per heavy atom. The number of aromatic nitrogens is 4. The number of aromatic amines is 1. The van der Waals surface area contributed by atoms with E-state index in [9.17, 15) is 4.79 Å². The average Bonchev–Trinajstić information content (AvgIpc) is 2.87. The lowest BCUT2D eigenvalue weighted by Crippen LogP contribution is -2.15. The zero-order valence-electron chi connectivity index (χ0n) is 13.0. The first-order valence-electron chi connectivity index (χ1n) is 7.75. The van der Waals surface area contributed by atoms with Crippen LogP contribution in [0.15, 0.2) is 35.1 Å². The van der Waals surface area contributed by atoms with Crippen LogP contribution in [0.2, 0.25) is 0 Å². The third-order valence-electron chi connectivity index (χ3n) is 3.72. The van der Waals surface area contributed by atoms with Gasteiger partial charge in [0, 0.05) is 13.0 Å². The van der Waals surface area contributed by atoms with Crippen LogP contribution in [0.3, 0.4) is 0 Å². The molecule has 3 aromatic rings. The number of hydrogen-bond donors (Lipinski definition) is 1. The zero-order chi connectivity index (χ0) is 15.5. The number of H-pyrrole nitrogens is 1. The Bertz CT molecular complexity index is 833. The van der Waals surface area contributed by atoms with E-state index >= 15 is 0 Å². The fourth-order valence-corrected chi connectivity index (χ4v) is 2.70. The Labute approximate surface area is 129 Å². The maximum atomic E-state index is 12.4. The van der Waals surface area contributed by atoms with Crippen LogP contribution >= 0.6 is 0 Å². The lowest BCUT2D eigenvalue weighted by molar-refractivity contribution is 0.662. The maximum Gasteiger partial charge on any atom is 0.277 e. The normalized spacial score (nSPS) is 11.2. The zero-order valence-corrected chi connectivity index (χ0v) is 13.0. The molecular formula is C17H20N4O. The summed E-state index contributed by atoms with van der Waals surface area (Å²) in [4.78, 5) is 20.0. The van der Waals surface area contributed by atoms with Crippen molar-refractivity contribution in [3.63, 3.8) is 0 Å². The first kappa shape index (κ1) is 14.5. The molecule has 0 saturated heterocycles. The Kier molecular flexibility index (Phi) is 4.04. The molecule has 1 aromatic carbocycles. The van der Waals surface area contributed by atoms with Crippen LogP contribution in [0.1, 0.15) is 37.4 Å². The summed E-state index contributed by atoms with van der Waals surface area (Å²) in [6, 6.07) is 10.0. The van der Waals surface area contributed by atoms with E-state index in [1.807, 2.05) is 37.3 Å². The number of benzene rings is 1. The van der Waals surface area contributed by atoms with Crippen molar-refractivity contribution in [2.24, 2.45) is 0 Å². The number of nitrogens with zero attached hydrogens (tertiary/aromatic N) is 3. The Balaban J connectivity index is 2.10. The summed E-state index contributed by atoms with van der Waals surface area (Å²) in [5.74, 6) is 0.691. The Hall–Kier alpha value is -2.43. The average molecular weight is 296 g/mol. The van der Waals surface area contributed by atoms with Crippen LogP contribution in [-0.2, 0) is 19.4 Å². The topological polar surface area (TPSA) is 63.6 Å². The summed E-state index contributed by atoms with van der Waals surface area (Å²) < 4.78 is 1.75. The van der Waals surface area contributed by atoms with Crippen LogP contribution in [0, 0.1) is 0 Å². The molecular weight excluding hydrogens is 276 g/mol. The second-order valence-corrected chi connectivity index (χ2v) is 5.38. The molecule has 0 spiro atoms. The molecule has 0 saturated carbocycles. The molecule has 3 rings (SSSR count). The number of nitrogens with one attached hydrogen (secondary N) is 1. The minimum Gasteiger partial charge on any atom is -0.308 e. The molecule has 5 heteroatoms.